The molecule has 0 aromatic carbocycles. The van der Waals surface area contributed by atoms with E-state index in [2.05, 4.69) is 0 Å². The minimum atomic E-state index is -0.440. The van der Waals surface area contributed by atoms with Crippen LogP contribution in [0.2, 0.25) is 0 Å². The zero-order valence-electron chi connectivity index (χ0n) is 4.87. The van der Waals surface area contributed by atoms with Crippen molar-refractivity contribution in [3.8, 4) is 0 Å². The molecule has 1 fully saturated rings. The fourth-order valence-corrected chi connectivity index (χ4v) is 0.730. The van der Waals surface area contributed by atoms with E-state index in [4.69, 9.17) is 4.74 Å². The molecule has 1 aliphatic rings. The third kappa shape index (κ3) is 1.81. The van der Waals surface area contributed by atoms with Gasteiger partial charge in [0.1, 0.15) is 0 Å². The summed E-state index contributed by atoms with van der Waals surface area (Å²) < 4.78 is 4.89. The second kappa shape index (κ2) is 2.59. The van der Waals surface area contributed by atoms with Crippen LogP contribution in [0.25, 0.3) is 0 Å². The maximum Gasteiger partial charge on any atom is 0.236 e. The van der Waals surface area contributed by atoms with Gasteiger partial charge in [0.25, 0.3) is 0 Å². The van der Waals surface area contributed by atoms with E-state index in [0.29, 0.717) is 19.6 Å². The Hall–Kier alpha value is -0.900. The molecule has 0 aliphatic carbocycles. The average molecular weight is 129 g/mol. The van der Waals surface area contributed by atoms with Gasteiger partial charge in [-0.15, -0.1) is 0 Å². The summed E-state index contributed by atoms with van der Waals surface area (Å²) in [5, 5.41) is 9.83. The van der Waals surface area contributed by atoms with Crippen molar-refractivity contribution < 1.29 is 9.66 Å². The average Bonchev–Trinajstić information content (AvgIpc) is 2.15. The number of hydrogen-bond acceptors (Lipinski definition) is 3. The van der Waals surface area contributed by atoms with Crippen molar-refractivity contribution in [2.45, 2.75) is 6.42 Å². The van der Waals surface area contributed by atoms with E-state index >= 15 is 0 Å². The van der Waals surface area contributed by atoms with Gasteiger partial charge in [-0.05, 0) is 0 Å². The molecule has 1 rings (SSSR count). The third-order valence-electron chi connectivity index (χ3n) is 1.14. The van der Waals surface area contributed by atoms with Crippen LogP contribution in [0.1, 0.15) is 6.42 Å². The van der Waals surface area contributed by atoms with Gasteiger partial charge in [0.05, 0.1) is 18.1 Å². The monoisotopic (exact) mass is 129 g/mol. The zero-order chi connectivity index (χ0) is 6.69. The quantitative estimate of drug-likeness (QED) is 0.384. The Morgan fingerprint density at radius 1 is 1.78 bits per heavy atom. The molecule has 0 saturated carbocycles. The number of rotatable bonds is 1. The molecular formula is C5H7NO3. The van der Waals surface area contributed by atoms with Crippen LogP contribution in [0.5, 0.6) is 0 Å². The van der Waals surface area contributed by atoms with Gasteiger partial charge in [-0.1, -0.05) is 0 Å². The highest BCUT2D eigenvalue weighted by Crippen LogP contribution is 2.09. The maximum atomic E-state index is 9.83. The SMILES string of the molecule is O=[N+]([O-])C=C1CCOC1. The van der Waals surface area contributed by atoms with Crippen LogP contribution in [0.4, 0.5) is 0 Å². The normalized spacial score (nSPS) is 22.9. The Morgan fingerprint density at radius 3 is 3.00 bits per heavy atom. The summed E-state index contributed by atoms with van der Waals surface area (Å²) in [6.07, 6.45) is 1.73. The second-order valence-electron chi connectivity index (χ2n) is 1.88. The van der Waals surface area contributed by atoms with Gasteiger partial charge in [-0.2, -0.15) is 0 Å². The molecule has 0 N–H and O–H groups in total. The first-order valence-electron chi connectivity index (χ1n) is 2.70. The molecule has 0 radical (unpaired) electrons. The Labute approximate surface area is 52.3 Å². The summed E-state index contributed by atoms with van der Waals surface area (Å²) in [6.45, 7) is 1.06. The van der Waals surface area contributed by atoms with Gasteiger partial charge in [0.2, 0.25) is 6.20 Å². The van der Waals surface area contributed by atoms with E-state index in [-0.39, 0.29) is 0 Å². The highest BCUT2D eigenvalue weighted by molar-refractivity contribution is 5.00. The molecule has 0 aromatic rings. The van der Waals surface area contributed by atoms with E-state index < -0.39 is 4.92 Å². The molecule has 1 aliphatic heterocycles. The molecule has 0 amide bonds. The summed E-state index contributed by atoms with van der Waals surface area (Å²) in [7, 11) is 0. The van der Waals surface area contributed by atoms with Crippen LogP contribution >= 0.6 is 0 Å². The first-order valence-corrected chi connectivity index (χ1v) is 2.70. The smallest absolute Gasteiger partial charge is 0.236 e. The van der Waals surface area contributed by atoms with Gasteiger partial charge < -0.3 is 4.74 Å². The lowest BCUT2D eigenvalue weighted by Crippen LogP contribution is -1.89. The van der Waals surface area contributed by atoms with Gasteiger partial charge >= 0.3 is 0 Å². The Balaban J connectivity index is 2.49. The van der Waals surface area contributed by atoms with Gasteiger partial charge in [0, 0.05) is 12.0 Å². The molecule has 9 heavy (non-hydrogen) atoms. The van der Waals surface area contributed by atoms with Crippen molar-refractivity contribution in [2.75, 3.05) is 13.2 Å². The zero-order valence-corrected chi connectivity index (χ0v) is 4.87. The first-order chi connectivity index (χ1) is 4.29. The van der Waals surface area contributed by atoms with Crippen LogP contribution in [0, 0.1) is 10.1 Å². The minimum Gasteiger partial charge on any atom is -0.377 e. The van der Waals surface area contributed by atoms with E-state index in [1.807, 2.05) is 0 Å². The highest BCUT2D eigenvalue weighted by Gasteiger charge is 2.09. The van der Waals surface area contributed by atoms with Crippen molar-refractivity contribution in [1.29, 1.82) is 0 Å². The summed E-state index contributed by atoms with van der Waals surface area (Å²) in [6, 6.07) is 0. The van der Waals surface area contributed by atoms with Crippen molar-refractivity contribution in [2.24, 2.45) is 0 Å². The first kappa shape index (κ1) is 6.22. The topological polar surface area (TPSA) is 52.4 Å². The number of ether oxygens (including phenoxy) is 1. The fraction of sp³-hybridized carbons (Fsp3) is 0.600. The lowest BCUT2D eigenvalue weighted by Gasteiger charge is -1.83. The van der Waals surface area contributed by atoms with Crippen LogP contribution in [-0.4, -0.2) is 18.1 Å². The molecule has 0 atom stereocenters. The highest BCUT2D eigenvalue weighted by atomic mass is 16.6. The summed E-state index contributed by atoms with van der Waals surface area (Å²) >= 11 is 0. The summed E-state index contributed by atoms with van der Waals surface area (Å²) in [5.41, 5.74) is 0.778. The Morgan fingerprint density at radius 2 is 2.56 bits per heavy atom. The van der Waals surface area contributed by atoms with Crippen LogP contribution in [0.3, 0.4) is 0 Å². The summed E-state index contributed by atoms with van der Waals surface area (Å²) in [4.78, 5) is 9.39. The minimum absolute atomic E-state index is 0.432. The fourth-order valence-electron chi connectivity index (χ4n) is 0.730. The molecule has 0 bridgehead atoms. The van der Waals surface area contributed by atoms with Crippen LogP contribution in [0.15, 0.2) is 11.8 Å². The predicted molar refractivity (Wildman–Crippen MR) is 30.5 cm³/mol. The Bertz CT molecular complexity index is 144. The molecule has 4 heteroatoms. The molecule has 0 spiro atoms. The number of hydrogen-bond donors (Lipinski definition) is 0. The van der Waals surface area contributed by atoms with E-state index in [1.54, 1.807) is 0 Å². The number of nitrogens with zero attached hydrogens (tertiary/aromatic N) is 1. The van der Waals surface area contributed by atoms with Gasteiger partial charge in [0.15, 0.2) is 0 Å². The standard InChI is InChI=1S/C5H7NO3/c7-6(8)3-5-1-2-9-4-5/h3H,1-2,4H2. The predicted octanol–water partition coefficient (Wildman–Crippen LogP) is 0.567. The van der Waals surface area contributed by atoms with Crippen LogP contribution < -0.4 is 0 Å². The molecule has 50 valence electrons. The molecule has 0 aromatic heterocycles. The van der Waals surface area contributed by atoms with E-state index in [0.717, 1.165) is 11.8 Å². The molecular weight excluding hydrogens is 122 g/mol. The maximum absolute atomic E-state index is 9.83. The number of nitro groups is 1. The van der Waals surface area contributed by atoms with E-state index in [9.17, 15) is 10.1 Å². The summed E-state index contributed by atoms with van der Waals surface area (Å²) in [5.74, 6) is 0. The second-order valence-corrected chi connectivity index (χ2v) is 1.88. The molecule has 4 nitrogen and oxygen atoms in total. The molecule has 1 saturated heterocycles. The van der Waals surface area contributed by atoms with Crippen molar-refractivity contribution in [3.63, 3.8) is 0 Å². The third-order valence-corrected chi connectivity index (χ3v) is 1.14. The lowest BCUT2D eigenvalue weighted by atomic mass is 10.3. The molecule has 1 heterocycles. The van der Waals surface area contributed by atoms with Gasteiger partial charge in [-0.25, -0.2) is 0 Å². The van der Waals surface area contributed by atoms with Crippen LogP contribution in [-0.2, 0) is 4.74 Å². The van der Waals surface area contributed by atoms with Crippen molar-refractivity contribution in [3.05, 3.63) is 21.9 Å². The molecule has 0 unspecified atom stereocenters. The largest absolute Gasteiger partial charge is 0.377 e. The van der Waals surface area contributed by atoms with E-state index in [1.165, 1.54) is 0 Å². The van der Waals surface area contributed by atoms with Crippen molar-refractivity contribution >= 4 is 0 Å². The lowest BCUT2D eigenvalue weighted by molar-refractivity contribution is -0.403. The van der Waals surface area contributed by atoms with Gasteiger partial charge in [-0.3, -0.25) is 10.1 Å². The Kier molecular flexibility index (Phi) is 1.79. The van der Waals surface area contributed by atoms with Crippen molar-refractivity contribution in [1.82, 2.24) is 0 Å².